The first-order valence-corrected chi connectivity index (χ1v) is 8.68. The molecule has 1 N–H and O–H groups in total. The topological polar surface area (TPSA) is 73.6 Å². The Balaban J connectivity index is 1.42. The lowest BCUT2D eigenvalue weighted by Crippen LogP contribution is -2.51. The molecule has 2 fully saturated rings. The average molecular weight is 343 g/mol. The highest BCUT2D eigenvalue weighted by atomic mass is 35.5. The smallest absolute Gasteiger partial charge is 0.220 e. The zero-order valence-electron chi connectivity index (χ0n) is 13.1. The van der Waals surface area contributed by atoms with Gasteiger partial charge in [-0.25, -0.2) is 0 Å². The SMILES string of the molecule is O=C(CCc1cc(Cl)no1)N[C@@H]1COCC[C@@H]1OCC1CCC1. The second-order valence-corrected chi connectivity index (χ2v) is 6.71. The molecule has 1 aromatic rings. The first-order valence-electron chi connectivity index (χ1n) is 8.30. The number of carbonyl (C=O) groups excluding carboxylic acids is 1. The molecule has 2 heterocycles. The number of hydrogen-bond acceptors (Lipinski definition) is 5. The van der Waals surface area contributed by atoms with Crippen LogP contribution in [0.25, 0.3) is 0 Å². The van der Waals surface area contributed by atoms with Gasteiger partial charge < -0.3 is 19.3 Å². The number of halogens is 1. The van der Waals surface area contributed by atoms with E-state index in [1.165, 1.54) is 19.3 Å². The van der Waals surface area contributed by atoms with Crippen molar-refractivity contribution in [1.29, 1.82) is 0 Å². The van der Waals surface area contributed by atoms with E-state index in [1.807, 2.05) is 0 Å². The minimum absolute atomic E-state index is 0.0368. The van der Waals surface area contributed by atoms with Crippen molar-refractivity contribution in [1.82, 2.24) is 10.5 Å². The Morgan fingerprint density at radius 1 is 1.43 bits per heavy atom. The third kappa shape index (κ3) is 4.93. The Labute approximate surface area is 140 Å². The zero-order chi connectivity index (χ0) is 16.1. The summed E-state index contributed by atoms with van der Waals surface area (Å²) in [6.07, 6.45) is 5.53. The molecule has 7 heteroatoms. The average Bonchev–Trinajstić information content (AvgIpc) is 2.91. The fourth-order valence-electron chi connectivity index (χ4n) is 2.89. The molecule has 6 nitrogen and oxygen atoms in total. The van der Waals surface area contributed by atoms with E-state index in [1.54, 1.807) is 6.07 Å². The monoisotopic (exact) mass is 342 g/mol. The number of nitrogens with zero attached hydrogens (tertiary/aromatic N) is 1. The van der Waals surface area contributed by atoms with Crippen LogP contribution in [0, 0.1) is 5.92 Å². The maximum Gasteiger partial charge on any atom is 0.220 e. The maximum atomic E-state index is 12.1. The molecule has 3 rings (SSSR count). The van der Waals surface area contributed by atoms with Crippen molar-refractivity contribution in [2.24, 2.45) is 5.92 Å². The van der Waals surface area contributed by atoms with Crippen LogP contribution in [0.1, 0.15) is 37.9 Å². The van der Waals surface area contributed by atoms with Crippen LogP contribution in [-0.4, -0.2) is 43.0 Å². The van der Waals surface area contributed by atoms with Crippen molar-refractivity contribution >= 4 is 17.5 Å². The molecule has 2 atom stereocenters. The molecule has 0 aromatic carbocycles. The summed E-state index contributed by atoms with van der Waals surface area (Å²) in [5.41, 5.74) is 0. The summed E-state index contributed by atoms with van der Waals surface area (Å²) >= 11 is 5.69. The van der Waals surface area contributed by atoms with Crippen LogP contribution in [0.15, 0.2) is 10.6 Å². The van der Waals surface area contributed by atoms with Gasteiger partial charge in [0.05, 0.1) is 18.8 Å². The molecule has 1 saturated heterocycles. The molecule has 0 bridgehead atoms. The van der Waals surface area contributed by atoms with Gasteiger partial charge in [0.2, 0.25) is 5.91 Å². The van der Waals surface area contributed by atoms with Crippen LogP contribution in [0.3, 0.4) is 0 Å². The van der Waals surface area contributed by atoms with Gasteiger partial charge in [-0.2, -0.15) is 0 Å². The van der Waals surface area contributed by atoms with Crippen LogP contribution in [0.4, 0.5) is 0 Å². The number of ether oxygens (including phenoxy) is 2. The summed E-state index contributed by atoms with van der Waals surface area (Å²) in [6.45, 7) is 2.00. The lowest BCUT2D eigenvalue weighted by Gasteiger charge is -2.34. The molecule has 1 saturated carbocycles. The third-order valence-electron chi connectivity index (χ3n) is 4.54. The van der Waals surface area contributed by atoms with E-state index < -0.39 is 0 Å². The van der Waals surface area contributed by atoms with Gasteiger partial charge in [-0.1, -0.05) is 23.2 Å². The third-order valence-corrected chi connectivity index (χ3v) is 4.72. The summed E-state index contributed by atoms with van der Waals surface area (Å²) in [5, 5.41) is 6.93. The fourth-order valence-corrected chi connectivity index (χ4v) is 3.05. The molecule has 1 amide bonds. The fraction of sp³-hybridized carbons (Fsp3) is 0.750. The number of aryl methyl sites for hydroxylation is 1. The lowest BCUT2D eigenvalue weighted by atomic mass is 9.86. The zero-order valence-corrected chi connectivity index (χ0v) is 13.9. The summed E-state index contributed by atoms with van der Waals surface area (Å²) < 4.78 is 16.5. The molecule has 1 aromatic heterocycles. The highest BCUT2D eigenvalue weighted by Gasteiger charge is 2.29. The molecule has 0 radical (unpaired) electrons. The minimum atomic E-state index is -0.0744. The first kappa shape index (κ1) is 16.7. The van der Waals surface area contributed by atoms with E-state index in [9.17, 15) is 4.79 Å². The van der Waals surface area contributed by atoms with E-state index >= 15 is 0 Å². The summed E-state index contributed by atoms with van der Waals surface area (Å²) in [6, 6.07) is 1.55. The van der Waals surface area contributed by atoms with Crippen LogP contribution >= 0.6 is 11.6 Å². The van der Waals surface area contributed by atoms with Gasteiger partial charge >= 0.3 is 0 Å². The van der Waals surface area contributed by atoms with Gasteiger partial charge in [-0.3, -0.25) is 4.79 Å². The van der Waals surface area contributed by atoms with Gasteiger partial charge in [-0.05, 0) is 25.2 Å². The Kier molecular flexibility index (Phi) is 5.91. The number of carbonyl (C=O) groups is 1. The van der Waals surface area contributed by atoms with Crippen LogP contribution in [0.5, 0.6) is 0 Å². The molecular formula is C16H23ClN2O4. The normalized spacial score (nSPS) is 25.1. The maximum absolute atomic E-state index is 12.1. The van der Waals surface area contributed by atoms with E-state index in [0.29, 0.717) is 42.9 Å². The van der Waals surface area contributed by atoms with Crippen molar-refractivity contribution in [2.75, 3.05) is 19.8 Å². The number of nitrogens with one attached hydrogen (secondary N) is 1. The van der Waals surface area contributed by atoms with Crippen molar-refractivity contribution in [3.05, 3.63) is 17.0 Å². The predicted molar refractivity (Wildman–Crippen MR) is 84.3 cm³/mol. The second kappa shape index (κ2) is 8.13. The summed E-state index contributed by atoms with van der Waals surface area (Å²) in [7, 11) is 0. The van der Waals surface area contributed by atoms with E-state index in [2.05, 4.69) is 10.5 Å². The summed E-state index contributed by atoms with van der Waals surface area (Å²) in [4.78, 5) is 12.1. The number of rotatable bonds is 7. The van der Waals surface area contributed by atoms with Gasteiger partial charge in [0.25, 0.3) is 0 Å². The van der Waals surface area contributed by atoms with Gasteiger partial charge in [0, 0.05) is 32.1 Å². The molecular weight excluding hydrogens is 320 g/mol. The predicted octanol–water partition coefficient (Wildman–Crippen LogP) is 2.35. The van der Waals surface area contributed by atoms with Crippen LogP contribution < -0.4 is 5.32 Å². The Bertz CT molecular complexity index is 518. The molecule has 128 valence electrons. The molecule has 1 aliphatic heterocycles. The van der Waals surface area contributed by atoms with Gasteiger partial charge in [0.15, 0.2) is 5.15 Å². The highest BCUT2D eigenvalue weighted by molar-refractivity contribution is 6.29. The molecule has 2 aliphatic rings. The lowest BCUT2D eigenvalue weighted by molar-refractivity contribution is -0.127. The quantitative estimate of drug-likeness (QED) is 0.823. The Morgan fingerprint density at radius 3 is 3.00 bits per heavy atom. The molecule has 23 heavy (non-hydrogen) atoms. The van der Waals surface area contributed by atoms with E-state index in [-0.39, 0.29) is 18.1 Å². The van der Waals surface area contributed by atoms with Crippen molar-refractivity contribution in [3.63, 3.8) is 0 Å². The number of amides is 1. The van der Waals surface area contributed by atoms with Crippen LogP contribution in [0.2, 0.25) is 5.15 Å². The number of hydrogen-bond donors (Lipinski definition) is 1. The first-order chi connectivity index (χ1) is 11.2. The molecule has 0 unspecified atom stereocenters. The Morgan fingerprint density at radius 2 is 2.30 bits per heavy atom. The van der Waals surface area contributed by atoms with Gasteiger partial charge in [0.1, 0.15) is 5.76 Å². The van der Waals surface area contributed by atoms with E-state index in [4.69, 9.17) is 25.6 Å². The standard InChI is InChI=1S/C16H23ClN2O4/c17-15-8-12(23-19-15)4-5-16(20)18-13-10-21-7-6-14(13)22-9-11-2-1-3-11/h8,11,13-14H,1-7,9-10H2,(H,18,20)/t13-,14+/m1/s1. The van der Waals surface area contributed by atoms with Crippen LogP contribution in [-0.2, 0) is 20.7 Å². The van der Waals surface area contributed by atoms with E-state index in [0.717, 1.165) is 13.0 Å². The highest BCUT2D eigenvalue weighted by Crippen LogP contribution is 2.27. The summed E-state index contributed by atoms with van der Waals surface area (Å²) in [5.74, 6) is 1.28. The Hall–Kier alpha value is -1.11. The molecule has 1 aliphatic carbocycles. The van der Waals surface area contributed by atoms with Gasteiger partial charge in [-0.15, -0.1) is 0 Å². The largest absolute Gasteiger partial charge is 0.379 e. The van der Waals surface area contributed by atoms with Crippen molar-refractivity contribution in [2.45, 2.75) is 50.7 Å². The minimum Gasteiger partial charge on any atom is -0.379 e. The second-order valence-electron chi connectivity index (χ2n) is 6.32. The van der Waals surface area contributed by atoms with Crippen molar-refractivity contribution < 1.29 is 18.8 Å². The molecule has 0 spiro atoms. The number of aromatic nitrogens is 1. The van der Waals surface area contributed by atoms with Crippen molar-refractivity contribution in [3.8, 4) is 0 Å².